The van der Waals surface area contributed by atoms with Gasteiger partial charge >= 0.3 is 0 Å². The molecule has 0 aromatic heterocycles. The molecule has 1 aliphatic heterocycles. The van der Waals surface area contributed by atoms with E-state index < -0.39 is 0 Å². The Kier molecular flexibility index (Phi) is 4.75. The van der Waals surface area contributed by atoms with Crippen LogP contribution < -0.4 is 4.90 Å². The summed E-state index contributed by atoms with van der Waals surface area (Å²) in [5.41, 5.74) is 1.03. The van der Waals surface area contributed by atoms with E-state index in [1.165, 1.54) is 15.7 Å². The topological polar surface area (TPSA) is 20.3 Å². The first-order valence-electron chi connectivity index (χ1n) is 9.34. The molecular formula is C24H19NOS2. The number of hydrogen-bond donors (Lipinski definition) is 0. The van der Waals surface area contributed by atoms with Gasteiger partial charge in [0.05, 0.1) is 22.7 Å². The van der Waals surface area contributed by atoms with Crippen molar-refractivity contribution in [1.82, 2.24) is 0 Å². The molecule has 5 rings (SSSR count). The van der Waals surface area contributed by atoms with Crippen LogP contribution in [0.3, 0.4) is 0 Å². The predicted molar refractivity (Wildman–Crippen MR) is 120 cm³/mol. The number of fused-ring (bicyclic) bond motifs is 3. The lowest BCUT2D eigenvalue weighted by Crippen LogP contribution is -2.48. The molecule has 0 fully saturated rings. The smallest absolute Gasteiger partial charge is 0.237 e. The summed E-state index contributed by atoms with van der Waals surface area (Å²) < 4.78 is 0. The molecule has 2 nitrogen and oxygen atoms in total. The van der Waals surface area contributed by atoms with Gasteiger partial charge in [-0.3, -0.25) is 4.79 Å². The summed E-state index contributed by atoms with van der Waals surface area (Å²) in [6, 6.07) is 22.9. The minimum Gasteiger partial charge on any atom is -0.302 e. The van der Waals surface area contributed by atoms with Crippen LogP contribution in [-0.4, -0.2) is 23.0 Å². The Morgan fingerprint density at radius 3 is 2.68 bits per heavy atom. The maximum atomic E-state index is 13.4. The average molecular weight is 402 g/mol. The van der Waals surface area contributed by atoms with Crippen LogP contribution in [-0.2, 0) is 4.79 Å². The SMILES string of the molecule is O=C(CSc1cccc2ccccc12)N1c2ccccc2S[C@H]2C=CC=C[C@@H]21. The van der Waals surface area contributed by atoms with Gasteiger partial charge in [0.1, 0.15) is 0 Å². The highest BCUT2D eigenvalue weighted by molar-refractivity contribution is 8.00. The van der Waals surface area contributed by atoms with Gasteiger partial charge < -0.3 is 4.90 Å². The number of benzene rings is 3. The third-order valence-corrected chi connectivity index (χ3v) is 7.48. The normalized spacial score (nSPS) is 20.1. The summed E-state index contributed by atoms with van der Waals surface area (Å²) >= 11 is 3.47. The van der Waals surface area contributed by atoms with Crippen molar-refractivity contribution in [3.05, 3.63) is 91.0 Å². The summed E-state index contributed by atoms with van der Waals surface area (Å²) in [6.45, 7) is 0. The molecule has 1 aliphatic carbocycles. The second-order valence-electron chi connectivity index (χ2n) is 6.84. The fraction of sp³-hybridized carbons (Fsp3) is 0.125. The lowest BCUT2D eigenvalue weighted by atomic mass is 10.0. The predicted octanol–water partition coefficient (Wildman–Crippen LogP) is 5.93. The van der Waals surface area contributed by atoms with E-state index in [2.05, 4.69) is 66.8 Å². The Bertz CT molecular complexity index is 1100. The molecule has 0 N–H and O–H groups in total. The molecule has 138 valence electrons. The lowest BCUT2D eigenvalue weighted by Gasteiger charge is -2.40. The van der Waals surface area contributed by atoms with Gasteiger partial charge in [0, 0.05) is 9.79 Å². The van der Waals surface area contributed by atoms with E-state index in [1.54, 1.807) is 11.8 Å². The number of carbonyl (C=O) groups excluding carboxylic acids is 1. The highest BCUT2D eigenvalue weighted by atomic mass is 32.2. The number of anilines is 1. The van der Waals surface area contributed by atoms with Gasteiger partial charge in [-0.1, -0.05) is 72.8 Å². The Morgan fingerprint density at radius 1 is 0.929 bits per heavy atom. The van der Waals surface area contributed by atoms with Gasteiger partial charge in [0.2, 0.25) is 5.91 Å². The van der Waals surface area contributed by atoms with E-state index in [4.69, 9.17) is 0 Å². The summed E-state index contributed by atoms with van der Waals surface area (Å²) in [5.74, 6) is 0.578. The van der Waals surface area contributed by atoms with Crippen LogP contribution in [0, 0.1) is 0 Å². The molecule has 0 unspecified atom stereocenters. The number of amides is 1. The molecule has 2 aliphatic rings. The van der Waals surface area contributed by atoms with Crippen molar-refractivity contribution in [3.63, 3.8) is 0 Å². The zero-order valence-corrected chi connectivity index (χ0v) is 16.8. The first kappa shape index (κ1) is 17.7. The highest BCUT2D eigenvalue weighted by Crippen LogP contribution is 2.44. The molecule has 0 saturated carbocycles. The van der Waals surface area contributed by atoms with Gasteiger partial charge in [-0.05, 0) is 29.0 Å². The molecule has 0 bridgehead atoms. The first-order valence-corrected chi connectivity index (χ1v) is 11.2. The Hall–Kier alpha value is -2.43. The van der Waals surface area contributed by atoms with E-state index in [-0.39, 0.29) is 17.2 Å². The molecule has 0 radical (unpaired) electrons. The third kappa shape index (κ3) is 3.17. The van der Waals surface area contributed by atoms with Gasteiger partial charge in [0.15, 0.2) is 0 Å². The second kappa shape index (κ2) is 7.53. The molecule has 0 spiro atoms. The molecular weight excluding hydrogens is 382 g/mol. The molecule has 3 aromatic rings. The number of nitrogens with zero attached hydrogens (tertiary/aromatic N) is 1. The van der Waals surface area contributed by atoms with E-state index >= 15 is 0 Å². The first-order chi connectivity index (χ1) is 13.8. The standard InChI is InChI=1S/C24H19NOS2/c26-24(16-27-21-15-7-9-17-8-1-2-10-18(17)21)25-19-11-3-5-13-22(19)28-23-14-6-4-12-20(23)25/h1-15,19,22H,16H2/t19-,22-/m0/s1. The number of allylic oxidation sites excluding steroid dienone is 2. The molecule has 0 saturated heterocycles. The van der Waals surface area contributed by atoms with Crippen LogP contribution >= 0.6 is 23.5 Å². The van der Waals surface area contributed by atoms with Gasteiger partial charge in [0.25, 0.3) is 0 Å². The molecule has 1 heterocycles. The van der Waals surface area contributed by atoms with Crippen LogP contribution in [0.4, 0.5) is 5.69 Å². The Balaban J connectivity index is 1.44. The zero-order valence-electron chi connectivity index (χ0n) is 15.2. The fourth-order valence-electron chi connectivity index (χ4n) is 3.81. The fourth-order valence-corrected chi connectivity index (χ4v) is 6.00. The Morgan fingerprint density at radius 2 is 1.71 bits per heavy atom. The van der Waals surface area contributed by atoms with Crippen molar-refractivity contribution < 1.29 is 4.79 Å². The lowest BCUT2D eigenvalue weighted by molar-refractivity contribution is -0.116. The minimum absolute atomic E-state index is 0.0746. The third-order valence-electron chi connectivity index (χ3n) is 5.11. The number of para-hydroxylation sites is 1. The van der Waals surface area contributed by atoms with Crippen LogP contribution in [0.1, 0.15) is 0 Å². The molecule has 2 atom stereocenters. The Labute approximate surface area is 173 Å². The van der Waals surface area contributed by atoms with Crippen molar-refractivity contribution in [1.29, 1.82) is 0 Å². The van der Waals surface area contributed by atoms with Crippen LogP contribution in [0.15, 0.2) is 101 Å². The summed E-state index contributed by atoms with van der Waals surface area (Å²) in [4.78, 5) is 17.7. The van der Waals surface area contributed by atoms with Crippen LogP contribution in [0.5, 0.6) is 0 Å². The molecule has 4 heteroatoms. The monoisotopic (exact) mass is 401 g/mol. The number of hydrogen-bond acceptors (Lipinski definition) is 3. The zero-order chi connectivity index (χ0) is 18.9. The van der Waals surface area contributed by atoms with E-state index in [0.29, 0.717) is 5.75 Å². The number of rotatable bonds is 3. The molecule has 3 aromatic carbocycles. The summed E-state index contributed by atoms with van der Waals surface area (Å²) in [6.07, 6.45) is 8.47. The minimum atomic E-state index is 0.0746. The van der Waals surface area contributed by atoms with Crippen molar-refractivity contribution in [2.24, 2.45) is 0 Å². The van der Waals surface area contributed by atoms with Crippen molar-refractivity contribution in [3.8, 4) is 0 Å². The number of carbonyl (C=O) groups is 1. The molecule has 1 amide bonds. The van der Waals surface area contributed by atoms with Crippen molar-refractivity contribution >= 4 is 45.9 Å². The maximum Gasteiger partial charge on any atom is 0.237 e. The van der Waals surface area contributed by atoms with Crippen molar-refractivity contribution in [2.75, 3.05) is 10.7 Å². The largest absolute Gasteiger partial charge is 0.302 e. The van der Waals surface area contributed by atoms with Crippen LogP contribution in [0.25, 0.3) is 10.8 Å². The van der Waals surface area contributed by atoms with Gasteiger partial charge in [-0.15, -0.1) is 23.5 Å². The van der Waals surface area contributed by atoms with Crippen LogP contribution in [0.2, 0.25) is 0 Å². The van der Waals surface area contributed by atoms with E-state index in [1.807, 2.05) is 40.9 Å². The van der Waals surface area contributed by atoms with E-state index in [0.717, 1.165) is 10.6 Å². The van der Waals surface area contributed by atoms with Crippen molar-refractivity contribution in [2.45, 2.75) is 21.1 Å². The summed E-state index contributed by atoms with van der Waals surface area (Å²) in [7, 11) is 0. The number of thioether (sulfide) groups is 2. The van der Waals surface area contributed by atoms with Gasteiger partial charge in [-0.25, -0.2) is 0 Å². The second-order valence-corrected chi connectivity index (χ2v) is 9.08. The highest BCUT2D eigenvalue weighted by Gasteiger charge is 2.36. The maximum absolute atomic E-state index is 13.4. The molecule has 28 heavy (non-hydrogen) atoms. The summed E-state index contributed by atoms with van der Waals surface area (Å²) in [5, 5.41) is 2.68. The van der Waals surface area contributed by atoms with Gasteiger partial charge in [-0.2, -0.15) is 0 Å². The van der Waals surface area contributed by atoms with E-state index in [9.17, 15) is 4.79 Å². The quantitative estimate of drug-likeness (QED) is 0.507. The average Bonchev–Trinajstić information content (AvgIpc) is 2.75.